The lowest BCUT2D eigenvalue weighted by Crippen LogP contribution is -2.37. The molecular formula is C27H31N3O4S. The van der Waals surface area contributed by atoms with Gasteiger partial charge in [-0.15, -0.1) is 0 Å². The Balaban J connectivity index is 1.47. The third kappa shape index (κ3) is 5.49. The van der Waals surface area contributed by atoms with Gasteiger partial charge >= 0.3 is 0 Å². The minimum Gasteiger partial charge on any atom is -0.378 e. The van der Waals surface area contributed by atoms with Gasteiger partial charge < -0.3 is 14.5 Å². The molecule has 4 rings (SSSR count). The highest BCUT2D eigenvalue weighted by Gasteiger charge is 2.22. The number of morpholine rings is 1. The summed E-state index contributed by atoms with van der Waals surface area (Å²) in [7, 11) is -0.397. The Kier molecular flexibility index (Phi) is 7.42. The summed E-state index contributed by atoms with van der Waals surface area (Å²) in [6.45, 7) is 5.43. The summed E-state index contributed by atoms with van der Waals surface area (Å²) >= 11 is 0. The lowest BCUT2D eigenvalue weighted by molar-refractivity contribution is 0.0785. The summed E-state index contributed by atoms with van der Waals surface area (Å²) in [5.74, 6) is -0.127. The van der Waals surface area contributed by atoms with Crippen molar-refractivity contribution >= 4 is 27.3 Å². The van der Waals surface area contributed by atoms with Gasteiger partial charge in [0.2, 0.25) is 0 Å². The van der Waals surface area contributed by atoms with Crippen molar-refractivity contribution in [3.63, 3.8) is 0 Å². The molecule has 0 aliphatic carbocycles. The minimum atomic E-state index is -3.69. The first-order chi connectivity index (χ1) is 16.8. The smallest absolute Gasteiger partial charge is 0.264 e. The van der Waals surface area contributed by atoms with Crippen LogP contribution in [0.2, 0.25) is 0 Å². The van der Waals surface area contributed by atoms with Crippen molar-refractivity contribution in [2.45, 2.75) is 18.4 Å². The Labute approximate surface area is 207 Å². The van der Waals surface area contributed by atoms with E-state index in [1.165, 1.54) is 11.4 Å². The van der Waals surface area contributed by atoms with Gasteiger partial charge in [0, 0.05) is 45.0 Å². The Bertz CT molecular complexity index is 1270. The van der Waals surface area contributed by atoms with Gasteiger partial charge in [0.25, 0.3) is 15.9 Å². The van der Waals surface area contributed by atoms with E-state index in [4.69, 9.17) is 4.74 Å². The highest BCUT2D eigenvalue weighted by atomic mass is 32.2. The van der Waals surface area contributed by atoms with Crippen LogP contribution < -0.4 is 9.21 Å². The number of anilines is 2. The van der Waals surface area contributed by atoms with E-state index in [-0.39, 0.29) is 10.8 Å². The van der Waals surface area contributed by atoms with Crippen LogP contribution >= 0.6 is 0 Å². The van der Waals surface area contributed by atoms with Crippen LogP contribution in [-0.4, -0.2) is 59.6 Å². The van der Waals surface area contributed by atoms with E-state index >= 15 is 0 Å². The van der Waals surface area contributed by atoms with Gasteiger partial charge in [-0.25, -0.2) is 8.42 Å². The van der Waals surface area contributed by atoms with Crippen LogP contribution in [-0.2, 0) is 21.3 Å². The summed E-state index contributed by atoms with van der Waals surface area (Å²) in [6.07, 6.45) is 0. The fourth-order valence-electron chi connectivity index (χ4n) is 4.13. The molecule has 3 aromatic carbocycles. The Morgan fingerprint density at radius 2 is 1.54 bits per heavy atom. The highest BCUT2D eigenvalue weighted by molar-refractivity contribution is 7.92. The van der Waals surface area contributed by atoms with Crippen LogP contribution in [0.4, 0.5) is 11.4 Å². The van der Waals surface area contributed by atoms with Gasteiger partial charge in [-0.05, 0) is 55.0 Å². The first-order valence-electron chi connectivity index (χ1n) is 11.6. The van der Waals surface area contributed by atoms with Gasteiger partial charge in [-0.1, -0.05) is 35.9 Å². The summed E-state index contributed by atoms with van der Waals surface area (Å²) < 4.78 is 32.6. The summed E-state index contributed by atoms with van der Waals surface area (Å²) in [6, 6.07) is 21.5. The van der Waals surface area contributed by atoms with Crippen molar-refractivity contribution in [1.82, 2.24) is 4.90 Å². The highest BCUT2D eigenvalue weighted by Crippen LogP contribution is 2.25. The number of ether oxygens (including phenoxy) is 1. The lowest BCUT2D eigenvalue weighted by atomic mass is 10.1. The van der Waals surface area contributed by atoms with Crippen LogP contribution in [0.1, 0.15) is 21.5 Å². The summed E-state index contributed by atoms with van der Waals surface area (Å²) in [5, 5.41) is 0. The summed E-state index contributed by atoms with van der Waals surface area (Å²) in [4.78, 5) is 17.3. The van der Waals surface area contributed by atoms with Gasteiger partial charge in [-0.3, -0.25) is 9.10 Å². The largest absolute Gasteiger partial charge is 0.378 e. The van der Waals surface area contributed by atoms with Crippen molar-refractivity contribution in [1.29, 1.82) is 0 Å². The second kappa shape index (κ2) is 10.5. The van der Waals surface area contributed by atoms with Crippen molar-refractivity contribution in [2.24, 2.45) is 0 Å². The molecule has 0 saturated carbocycles. The normalized spacial score (nSPS) is 14.0. The van der Waals surface area contributed by atoms with Crippen LogP contribution in [0, 0.1) is 6.92 Å². The van der Waals surface area contributed by atoms with E-state index in [2.05, 4.69) is 11.0 Å². The number of carbonyl (C=O) groups excluding carboxylic acids is 1. The molecule has 7 nitrogen and oxygen atoms in total. The number of sulfonamides is 1. The standard InChI is InChI=1S/C27H31N3O4S/c1-21-8-14-25(15-9-21)35(32,33)29(3)24-12-10-22(11-13-24)27(31)28(2)20-23-6-4-5-7-26(23)30-16-18-34-19-17-30/h4-15H,16-20H2,1-3H3. The maximum absolute atomic E-state index is 13.1. The Morgan fingerprint density at radius 1 is 0.914 bits per heavy atom. The molecule has 0 spiro atoms. The Hall–Kier alpha value is -3.36. The molecular weight excluding hydrogens is 462 g/mol. The van der Waals surface area contributed by atoms with Crippen molar-refractivity contribution in [2.75, 3.05) is 49.6 Å². The molecule has 0 atom stereocenters. The molecule has 1 aliphatic heterocycles. The van der Waals surface area contributed by atoms with Crippen molar-refractivity contribution < 1.29 is 17.9 Å². The van der Waals surface area contributed by atoms with E-state index in [1.807, 2.05) is 25.1 Å². The molecule has 184 valence electrons. The van der Waals surface area contributed by atoms with Gasteiger partial charge in [0.1, 0.15) is 0 Å². The van der Waals surface area contributed by atoms with E-state index in [0.29, 0.717) is 31.0 Å². The van der Waals surface area contributed by atoms with Crippen LogP contribution in [0.5, 0.6) is 0 Å². The monoisotopic (exact) mass is 493 g/mol. The fourth-order valence-corrected chi connectivity index (χ4v) is 5.32. The van der Waals surface area contributed by atoms with Gasteiger partial charge in [0.05, 0.1) is 23.8 Å². The third-order valence-corrected chi connectivity index (χ3v) is 8.05. The number of aryl methyl sites for hydroxylation is 1. The first kappa shape index (κ1) is 24.8. The molecule has 1 aliphatic rings. The second-order valence-corrected chi connectivity index (χ2v) is 10.7. The topological polar surface area (TPSA) is 70.2 Å². The molecule has 8 heteroatoms. The molecule has 0 N–H and O–H groups in total. The van der Waals surface area contributed by atoms with Gasteiger partial charge in [-0.2, -0.15) is 0 Å². The summed E-state index contributed by atoms with van der Waals surface area (Å²) in [5.41, 5.74) is 4.18. The maximum Gasteiger partial charge on any atom is 0.264 e. The van der Waals surface area contributed by atoms with Crippen molar-refractivity contribution in [3.8, 4) is 0 Å². The predicted molar refractivity (Wildman–Crippen MR) is 138 cm³/mol. The zero-order valence-electron chi connectivity index (χ0n) is 20.3. The molecule has 0 unspecified atom stereocenters. The zero-order valence-corrected chi connectivity index (χ0v) is 21.2. The maximum atomic E-state index is 13.1. The molecule has 1 heterocycles. The first-order valence-corrected chi connectivity index (χ1v) is 13.0. The number of rotatable bonds is 7. The predicted octanol–water partition coefficient (Wildman–Crippen LogP) is 3.93. The fraction of sp³-hybridized carbons (Fsp3) is 0.296. The SMILES string of the molecule is Cc1ccc(S(=O)(=O)N(C)c2ccc(C(=O)N(C)Cc3ccccc3N3CCOCC3)cc2)cc1. The zero-order chi connectivity index (χ0) is 25.0. The minimum absolute atomic E-state index is 0.127. The number of para-hydroxylation sites is 1. The van der Waals surface area contributed by atoms with E-state index < -0.39 is 10.0 Å². The molecule has 0 aromatic heterocycles. The Morgan fingerprint density at radius 3 is 2.20 bits per heavy atom. The van der Waals surface area contributed by atoms with Crippen LogP contribution in [0.15, 0.2) is 77.7 Å². The quantitative estimate of drug-likeness (QED) is 0.499. The van der Waals surface area contributed by atoms with Crippen molar-refractivity contribution in [3.05, 3.63) is 89.5 Å². The van der Waals surface area contributed by atoms with E-state index in [0.717, 1.165) is 29.9 Å². The molecule has 3 aromatic rings. The van der Waals surface area contributed by atoms with Crippen LogP contribution in [0.3, 0.4) is 0 Å². The van der Waals surface area contributed by atoms with Gasteiger partial charge in [0.15, 0.2) is 0 Å². The number of hydrogen-bond acceptors (Lipinski definition) is 5. The number of benzene rings is 3. The second-order valence-electron chi connectivity index (χ2n) is 8.72. The number of amides is 1. The molecule has 0 bridgehead atoms. The number of carbonyl (C=O) groups is 1. The average Bonchev–Trinajstić information content (AvgIpc) is 2.89. The van der Waals surface area contributed by atoms with E-state index in [1.54, 1.807) is 60.5 Å². The molecule has 1 saturated heterocycles. The lowest BCUT2D eigenvalue weighted by Gasteiger charge is -2.31. The molecule has 1 amide bonds. The molecule has 1 fully saturated rings. The average molecular weight is 494 g/mol. The van der Waals surface area contributed by atoms with Crippen LogP contribution in [0.25, 0.3) is 0 Å². The molecule has 0 radical (unpaired) electrons. The third-order valence-electron chi connectivity index (χ3n) is 6.25. The van der Waals surface area contributed by atoms with E-state index in [9.17, 15) is 13.2 Å². The number of hydrogen-bond donors (Lipinski definition) is 0. The molecule has 35 heavy (non-hydrogen) atoms. The number of nitrogens with zero attached hydrogens (tertiary/aromatic N) is 3.